The van der Waals surface area contributed by atoms with Gasteiger partial charge in [0, 0.05) is 6.07 Å². The molecule has 0 aliphatic heterocycles. The molecule has 0 unspecified atom stereocenters. The molecule has 1 atom stereocenters. The van der Waals surface area contributed by atoms with E-state index in [9.17, 15) is 9.59 Å². The zero-order valence-electron chi connectivity index (χ0n) is 8.10. The summed E-state index contributed by atoms with van der Waals surface area (Å²) in [6.45, 7) is 3.42. The summed E-state index contributed by atoms with van der Waals surface area (Å²) in [5, 5.41) is 12.7. The van der Waals surface area contributed by atoms with E-state index >= 15 is 0 Å². The largest absolute Gasteiger partial charge is 0.480 e. The standard InChI is InChI=1S/C9H12N2O3/c1-3-7(9(13)14)11-8(12)5-4-6(2)10-11/h4-5,7H,3H2,1-2H3,(H,13,14)/t7-/m1/s1. The van der Waals surface area contributed by atoms with Crippen LogP contribution in [0.3, 0.4) is 0 Å². The molecule has 5 heteroatoms. The lowest BCUT2D eigenvalue weighted by atomic mass is 10.2. The van der Waals surface area contributed by atoms with Crippen LogP contribution in [0.25, 0.3) is 0 Å². The van der Waals surface area contributed by atoms with Crippen LogP contribution in [0.15, 0.2) is 16.9 Å². The van der Waals surface area contributed by atoms with Gasteiger partial charge in [-0.25, -0.2) is 9.48 Å². The number of aliphatic carboxylic acids is 1. The van der Waals surface area contributed by atoms with Crippen molar-refractivity contribution in [2.75, 3.05) is 0 Å². The van der Waals surface area contributed by atoms with Crippen molar-refractivity contribution in [1.29, 1.82) is 0 Å². The van der Waals surface area contributed by atoms with Crippen LogP contribution in [-0.2, 0) is 4.79 Å². The summed E-state index contributed by atoms with van der Waals surface area (Å²) in [7, 11) is 0. The van der Waals surface area contributed by atoms with Crippen molar-refractivity contribution in [2.45, 2.75) is 26.3 Å². The van der Waals surface area contributed by atoms with E-state index < -0.39 is 12.0 Å². The number of hydrogen-bond donors (Lipinski definition) is 1. The second-order valence-corrected chi connectivity index (χ2v) is 3.02. The SMILES string of the molecule is CC[C@H](C(=O)O)n1nc(C)ccc1=O. The fourth-order valence-corrected chi connectivity index (χ4v) is 1.20. The molecule has 0 aliphatic carbocycles. The first-order valence-corrected chi connectivity index (χ1v) is 4.35. The first kappa shape index (κ1) is 10.4. The normalized spacial score (nSPS) is 12.4. The minimum Gasteiger partial charge on any atom is -0.480 e. The van der Waals surface area contributed by atoms with E-state index in [1.807, 2.05) is 0 Å². The Hall–Kier alpha value is -1.65. The van der Waals surface area contributed by atoms with Crippen LogP contribution in [0.5, 0.6) is 0 Å². The number of nitrogens with zero attached hydrogens (tertiary/aromatic N) is 2. The molecule has 76 valence electrons. The Balaban J connectivity index is 3.22. The average Bonchev–Trinajstić information content (AvgIpc) is 2.11. The molecule has 0 bridgehead atoms. The van der Waals surface area contributed by atoms with Crippen LogP contribution < -0.4 is 5.56 Å². The molecule has 14 heavy (non-hydrogen) atoms. The highest BCUT2D eigenvalue weighted by molar-refractivity contribution is 5.71. The summed E-state index contributed by atoms with van der Waals surface area (Å²) in [6.07, 6.45) is 0.339. The summed E-state index contributed by atoms with van der Waals surface area (Å²) in [5.74, 6) is -1.03. The average molecular weight is 196 g/mol. The summed E-state index contributed by atoms with van der Waals surface area (Å²) in [5.41, 5.74) is 0.245. The van der Waals surface area contributed by atoms with E-state index in [0.717, 1.165) is 4.68 Å². The van der Waals surface area contributed by atoms with Crippen molar-refractivity contribution in [3.8, 4) is 0 Å². The van der Waals surface area contributed by atoms with Crippen molar-refractivity contribution < 1.29 is 9.90 Å². The highest BCUT2D eigenvalue weighted by Crippen LogP contribution is 2.06. The predicted octanol–water partition coefficient (Wildman–Crippen LogP) is 0.587. The van der Waals surface area contributed by atoms with E-state index in [1.54, 1.807) is 19.9 Å². The van der Waals surface area contributed by atoms with Gasteiger partial charge in [0.15, 0.2) is 6.04 Å². The number of hydrogen-bond acceptors (Lipinski definition) is 3. The van der Waals surface area contributed by atoms with Gasteiger partial charge in [0.2, 0.25) is 0 Å². The topological polar surface area (TPSA) is 72.2 Å². The molecule has 1 aromatic heterocycles. The Labute approximate surface area is 81.0 Å². The fraction of sp³-hybridized carbons (Fsp3) is 0.444. The minimum absolute atomic E-state index is 0.339. The lowest BCUT2D eigenvalue weighted by Crippen LogP contribution is -2.31. The van der Waals surface area contributed by atoms with Gasteiger partial charge in [-0.3, -0.25) is 4.79 Å². The summed E-state index contributed by atoms with van der Waals surface area (Å²) >= 11 is 0. The molecule has 0 saturated heterocycles. The van der Waals surface area contributed by atoms with Gasteiger partial charge in [-0.1, -0.05) is 6.92 Å². The maximum Gasteiger partial charge on any atom is 0.328 e. The van der Waals surface area contributed by atoms with Gasteiger partial charge in [-0.05, 0) is 19.4 Å². The number of aromatic nitrogens is 2. The third kappa shape index (κ3) is 1.99. The number of carboxylic acid groups (broad SMARTS) is 1. The maximum absolute atomic E-state index is 11.3. The number of aryl methyl sites for hydroxylation is 1. The molecule has 1 heterocycles. The van der Waals surface area contributed by atoms with E-state index in [-0.39, 0.29) is 5.56 Å². The molecule has 0 amide bonds. The van der Waals surface area contributed by atoms with Crippen LogP contribution in [0.1, 0.15) is 25.1 Å². The Morgan fingerprint density at radius 2 is 2.29 bits per heavy atom. The Kier molecular flexibility index (Phi) is 3.01. The zero-order chi connectivity index (χ0) is 10.7. The molecule has 1 N–H and O–H groups in total. The van der Waals surface area contributed by atoms with Crippen LogP contribution in [-0.4, -0.2) is 20.9 Å². The van der Waals surface area contributed by atoms with Crippen molar-refractivity contribution >= 4 is 5.97 Å². The number of rotatable bonds is 3. The molecule has 0 saturated carbocycles. The lowest BCUT2D eigenvalue weighted by molar-refractivity contribution is -0.141. The molecule has 1 aromatic rings. The van der Waals surface area contributed by atoms with Crippen molar-refractivity contribution in [3.63, 3.8) is 0 Å². The van der Waals surface area contributed by atoms with Crippen LogP contribution in [0.4, 0.5) is 0 Å². The molecule has 5 nitrogen and oxygen atoms in total. The van der Waals surface area contributed by atoms with E-state index in [1.165, 1.54) is 6.07 Å². The monoisotopic (exact) mass is 196 g/mol. The van der Waals surface area contributed by atoms with Gasteiger partial charge in [0.25, 0.3) is 5.56 Å². The molecule has 0 aromatic carbocycles. The van der Waals surface area contributed by atoms with Crippen LogP contribution in [0, 0.1) is 6.92 Å². The van der Waals surface area contributed by atoms with E-state index in [0.29, 0.717) is 12.1 Å². The molecule has 0 spiro atoms. The summed E-state index contributed by atoms with van der Waals surface area (Å²) in [6, 6.07) is 2.02. The molecule has 0 fully saturated rings. The molecular formula is C9H12N2O3. The fourth-order valence-electron chi connectivity index (χ4n) is 1.20. The molecular weight excluding hydrogens is 184 g/mol. The van der Waals surface area contributed by atoms with E-state index in [4.69, 9.17) is 5.11 Å². The van der Waals surface area contributed by atoms with Crippen LogP contribution in [0.2, 0.25) is 0 Å². The lowest BCUT2D eigenvalue weighted by Gasteiger charge is -2.11. The minimum atomic E-state index is -1.03. The number of carbonyl (C=O) groups is 1. The van der Waals surface area contributed by atoms with E-state index in [2.05, 4.69) is 5.10 Å². The third-order valence-electron chi connectivity index (χ3n) is 1.93. The smallest absolute Gasteiger partial charge is 0.328 e. The van der Waals surface area contributed by atoms with Gasteiger partial charge in [0.1, 0.15) is 0 Å². The van der Waals surface area contributed by atoms with Gasteiger partial charge in [0.05, 0.1) is 5.69 Å². The quantitative estimate of drug-likeness (QED) is 0.767. The Morgan fingerprint density at radius 1 is 1.64 bits per heavy atom. The first-order valence-electron chi connectivity index (χ1n) is 4.35. The maximum atomic E-state index is 11.3. The Morgan fingerprint density at radius 3 is 2.79 bits per heavy atom. The second-order valence-electron chi connectivity index (χ2n) is 3.02. The first-order chi connectivity index (χ1) is 6.56. The summed E-state index contributed by atoms with van der Waals surface area (Å²) in [4.78, 5) is 22.1. The van der Waals surface area contributed by atoms with Gasteiger partial charge in [-0.15, -0.1) is 0 Å². The van der Waals surface area contributed by atoms with Gasteiger partial charge >= 0.3 is 5.97 Å². The van der Waals surface area contributed by atoms with Gasteiger partial charge in [-0.2, -0.15) is 5.10 Å². The highest BCUT2D eigenvalue weighted by atomic mass is 16.4. The molecule has 0 aliphatic rings. The van der Waals surface area contributed by atoms with Crippen molar-refractivity contribution in [3.05, 3.63) is 28.2 Å². The predicted molar refractivity (Wildman–Crippen MR) is 50.2 cm³/mol. The number of carboxylic acids is 1. The summed E-state index contributed by atoms with van der Waals surface area (Å²) < 4.78 is 1.01. The van der Waals surface area contributed by atoms with Crippen LogP contribution >= 0.6 is 0 Å². The Bertz CT molecular complexity index is 397. The third-order valence-corrected chi connectivity index (χ3v) is 1.93. The second kappa shape index (κ2) is 4.04. The van der Waals surface area contributed by atoms with Crippen molar-refractivity contribution in [2.24, 2.45) is 0 Å². The zero-order valence-corrected chi connectivity index (χ0v) is 8.10. The van der Waals surface area contributed by atoms with Gasteiger partial charge < -0.3 is 5.11 Å². The highest BCUT2D eigenvalue weighted by Gasteiger charge is 2.19. The molecule has 1 rings (SSSR count). The van der Waals surface area contributed by atoms with Crippen molar-refractivity contribution in [1.82, 2.24) is 9.78 Å². The molecule has 0 radical (unpaired) electrons.